The highest BCUT2D eigenvalue weighted by Crippen LogP contribution is 2.28. The van der Waals surface area contributed by atoms with E-state index >= 15 is 0 Å². The fraction of sp³-hybridized carbons (Fsp3) is 0.130. The van der Waals surface area contributed by atoms with E-state index in [1.807, 2.05) is 24.3 Å². The number of carbonyl (C=O) groups excluding carboxylic acids is 1. The third kappa shape index (κ3) is 3.91. The topological polar surface area (TPSA) is 86.2 Å². The summed E-state index contributed by atoms with van der Waals surface area (Å²) in [5.41, 5.74) is 3.68. The normalized spacial score (nSPS) is 10.6. The Hall–Kier alpha value is -4.00. The van der Waals surface area contributed by atoms with Crippen LogP contribution in [0.3, 0.4) is 0 Å². The predicted molar refractivity (Wildman–Crippen MR) is 113 cm³/mol. The zero-order valence-electron chi connectivity index (χ0n) is 16.6. The van der Waals surface area contributed by atoms with Crippen molar-refractivity contribution in [1.29, 1.82) is 0 Å². The van der Waals surface area contributed by atoms with Crippen molar-refractivity contribution in [1.82, 2.24) is 20.3 Å². The lowest BCUT2D eigenvalue weighted by atomic mass is 10.0. The van der Waals surface area contributed by atoms with Crippen molar-refractivity contribution in [3.05, 3.63) is 78.5 Å². The van der Waals surface area contributed by atoms with Crippen LogP contribution < -0.4 is 14.8 Å². The number of nitrogens with zero attached hydrogens (tertiary/aromatic N) is 3. The minimum Gasteiger partial charge on any atom is -0.497 e. The molecule has 4 rings (SSSR count). The van der Waals surface area contributed by atoms with Crippen LogP contribution in [0.15, 0.2) is 67.3 Å². The Balaban J connectivity index is 1.64. The highest BCUT2D eigenvalue weighted by atomic mass is 16.5. The van der Waals surface area contributed by atoms with Crippen molar-refractivity contribution < 1.29 is 14.3 Å². The second kappa shape index (κ2) is 8.57. The van der Waals surface area contributed by atoms with Gasteiger partial charge in [0.05, 0.1) is 19.7 Å². The van der Waals surface area contributed by atoms with Gasteiger partial charge < -0.3 is 14.8 Å². The number of benzene rings is 1. The highest BCUT2D eigenvalue weighted by Gasteiger charge is 2.14. The Bertz CT molecular complexity index is 1200. The number of methoxy groups -OCH3 is 2. The maximum absolute atomic E-state index is 12.9. The van der Waals surface area contributed by atoms with Gasteiger partial charge in [-0.2, -0.15) is 0 Å². The summed E-state index contributed by atoms with van der Waals surface area (Å²) in [7, 11) is 3.18. The third-order valence-corrected chi connectivity index (χ3v) is 4.77. The number of nitrogens with one attached hydrogen (secondary N) is 1. The molecular weight excluding hydrogens is 380 g/mol. The number of hydrogen-bond donors (Lipinski definition) is 1. The van der Waals surface area contributed by atoms with Gasteiger partial charge >= 0.3 is 0 Å². The molecule has 30 heavy (non-hydrogen) atoms. The van der Waals surface area contributed by atoms with Gasteiger partial charge in [-0.05, 0) is 47.5 Å². The van der Waals surface area contributed by atoms with Crippen LogP contribution in [-0.2, 0) is 6.54 Å². The summed E-state index contributed by atoms with van der Waals surface area (Å²) in [6, 6.07) is 12.8. The molecule has 3 aromatic heterocycles. The quantitative estimate of drug-likeness (QED) is 0.532. The van der Waals surface area contributed by atoms with Gasteiger partial charge in [-0.25, -0.2) is 4.98 Å². The molecule has 0 saturated carbocycles. The van der Waals surface area contributed by atoms with Crippen LogP contribution in [0, 0.1) is 0 Å². The van der Waals surface area contributed by atoms with E-state index in [2.05, 4.69) is 20.3 Å². The molecule has 0 spiro atoms. The number of carbonyl (C=O) groups is 1. The molecule has 1 N–H and O–H groups in total. The average molecular weight is 400 g/mol. The minimum absolute atomic E-state index is 0.276. The zero-order valence-corrected chi connectivity index (χ0v) is 16.6. The number of rotatable bonds is 6. The zero-order chi connectivity index (χ0) is 20.9. The minimum atomic E-state index is -0.276. The number of fused-ring (bicyclic) bond motifs is 1. The van der Waals surface area contributed by atoms with E-state index in [0.29, 0.717) is 29.3 Å². The Morgan fingerprint density at radius 1 is 0.967 bits per heavy atom. The van der Waals surface area contributed by atoms with E-state index < -0.39 is 0 Å². The van der Waals surface area contributed by atoms with Crippen LogP contribution in [0.1, 0.15) is 16.1 Å². The van der Waals surface area contributed by atoms with Crippen LogP contribution in [0.5, 0.6) is 11.5 Å². The number of ether oxygens (including phenoxy) is 2. The molecule has 0 atom stereocenters. The fourth-order valence-corrected chi connectivity index (χ4v) is 3.22. The molecule has 0 aliphatic carbocycles. The molecule has 4 aromatic rings. The highest BCUT2D eigenvalue weighted by molar-refractivity contribution is 6.00. The molecule has 1 amide bonds. The van der Waals surface area contributed by atoms with Gasteiger partial charge in [-0.15, -0.1) is 0 Å². The maximum Gasteiger partial charge on any atom is 0.270 e. The average Bonchev–Trinajstić information content (AvgIpc) is 2.82. The second-order valence-electron chi connectivity index (χ2n) is 6.54. The van der Waals surface area contributed by atoms with Crippen molar-refractivity contribution in [3.8, 4) is 22.6 Å². The first kappa shape index (κ1) is 19.3. The maximum atomic E-state index is 12.9. The molecule has 0 saturated heterocycles. The summed E-state index contributed by atoms with van der Waals surface area (Å²) in [5, 5.41) is 3.79. The summed E-state index contributed by atoms with van der Waals surface area (Å²) in [5.74, 6) is 1.06. The number of pyridine rings is 3. The van der Waals surface area contributed by atoms with Crippen LogP contribution >= 0.6 is 0 Å². The van der Waals surface area contributed by atoms with Crippen LogP contribution in [0.2, 0.25) is 0 Å². The standard InChI is InChI=1S/C23H20N4O3/c1-29-17-4-3-16(22(11-17)30-2)13-26-23(28)21-12-18(15-5-8-24-9-6-15)19-14-25-10-7-20(19)27-21/h3-12,14H,13H2,1-2H3,(H,26,28). The first-order valence-electron chi connectivity index (χ1n) is 9.34. The van der Waals surface area contributed by atoms with Crippen molar-refractivity contribution >= 4 is 16.8 Å². The first-order valence-corrected chi connectivity index (χ1v) is 9.34. The van der Waals surface area contributed by atoms with E-state index in [9.17, 15) is 4.79 Å². The lowest BCUT2D eigenvalue weighted by Gasteiger charge is -2.12. The molecule has 0 fully saturated rings. The number of amides is 1. The van der Waals surface area contributed by atoms with Gasteiger partial charge in [-0.3, -0.25) is 14.8 Å². The molecule has 0 bridgehead atoms. The van der Waals surface area contributed by atoms with Gasteiger partial charge in [0.1, 0.15) is 17.2 Å². The van der Waals surface area contributed by atoms with Crippen LogP contribution in [-0.4, -0.2) is 35.1 Å². The van der Waals surface area contributed by atoms with Crippen molar-refractivity contribution in [3.63, 3.8) is 0 Å². The molecule has 1 aromatic carbocycles. The Morgan fingerprint density at radius 3 is 2.53 bits per heavy atom. The second-order valence-corrected chi connectivity index (χ2v) is 6.54. The summed E-state index contributed by atoms with van der Waals surface area (Å²) in [6.45, 7) is 0.298. The van der Waals surface area contributed by atoms with Crippen LogP contribution in [0.25, 0.3) is 22.0 Å². The molecule has 0 radical (unpaired) electrons. The van der Waals surface area contributed by atoms with Crippen molar-refractivity contribution in [2.75, 3.05) is 14.2 Å². The third-order valence-electron chi connectivity index (χ3n) is 4.77. The monoisotopic (exact) mass is 400 g/mol. The summed E-state index contributed by atoms with van der Waals surface area (Å²) < 4.78 is 10.6. The van der Waals surface area contributed by atoms with Gasteiger partial charge in [-0.1, -0.05) is 0 Å². The summed E-state index contributed by atoms with van der Waals surface area (Å²) >= 11 is 0. The van der Waals surface area contributed by atoms with Crippen molar-refractivity contribution in [2.45, 2.75) is 6.54 Å². The summed E-state index contributed by atoms with van der Waals surface area (Å²) in [4.78, 5) is 25.7. The molecule has 7 heteroatoms. The van der Waals surface area contributed by atoms with E-state index in [0.717, 1.165) is 22.1 Å². The molecule has 0 unspecified atom stereocenters. The molecular formula is C23H20N4O3. The Kier molecular flexibility index (Phi) is 5.52. The molecule has 0 aliphatic heterocycles. The Labute approximate surface area is 173 Å². The van der Waals surface area contributed by atoms with Crippen LogP contribution in [0.4, 0.5) is 0 Å². The SMILES string of the molecule is COc1ccc(CNC(=O)c2cc(-c3ccncc3)c3cnccc3n2)c(OC)c1. The van der Waals surface area contributed by atoms with E-state index in [4.69, 9.17) is 9.47 Å². The molecule has 3 heterocycles. The number of hydrogen-bond acceptors (Lipinski definition) is 6. The van der Waals surface area contributed by atoms with Gasteiger partial charge in [0.2, 0.25) is 0 Å². The number of aromatic nitrogens is 3. The lowest BCUT2D eigenvalue weighted by molar-refractivity contribution is 0.0946. The van der Waals surface area contributed by atoms with E-state index in [1.165, 1.54) is 0 Å². The molecule has 150 valence electrons. The predicted octanol–water partition coefficient (Wildman–Crippen LogP) is 3.64. The summed E-state index contributed by atoms with van der Waals surface area (Å²) in [6.07, 6.45) is 6.85. The lowest BCUT2D eigenvalue weighted by Crippen LogP contribution is -2.24. The smallest absolute Gasteiger partial charge is 0.270 e. The Morgan fingerprint density at radius 2 is 1.77 bits per heavy atom. The van der Waals surface area contributed by atoms with E-state index in [-0.39, 0.29) is 5.91 Å². The molecule has 7 nitrogen and oxygen atoms in total. The first-order chi connectivity index (χ1) is 14.7. The van der Waals surface area contributed by atoms with Gasteiger partial charge in [0.15, 0.2) is 0 Å². The van der Waals surface area contributed by atoms with Gasteiger partial charge in [0.25, 0.3) is 5.91 Å². The van der Waals surface area contributed by atoms with E-state index in [1.54, 1.807) is 57.2 Å². The fourth-order valence-electron chi connectivity index (χ4n) is 3.22. The molecule has 0 aliphatic rings. The largest absolute Gasteiger partial charge is 0.497 e. The van der Waals surface area contributed by atoms with Crippen molar-refractivity contribution in [2.24, 2.45) is 0 Å². The van der Waals surface area contributed by atoms with Gasteiger partial charge in [0, 0.05) is 48.3 Å².